The van der Waals surface area contributed by atoms with Gasteiger partial charge in [0.1, 0.15) is 6.10 Å². The molecule has 2 aliphatic heterocycles. The van der Waals surface area contributed by atoms with E-state index in [9.17, 15) is 19.0 Å². The normalized spacial score (nSPS) is 25.9. The molecule has 2 atom stereocenters. The number of likely N-dealkylation sites (tertiary alicyclic amines) is 1. The van der Waals surface area contributed by atoms with Crippen molar-refractivity contribution in [2.24, 2.45) is 0 Å². The smallest absolute Gasteiger partial charge is 0.290 e. The third-order valence-electron chi connectivity index (χ3n) is 4.74. The minimum atomic E-state index is -0.829. The van der Waals surface area contributed by atoms with E-state index in [0.29, 0.717) is 13.0 Å². The van der Waals surface area contributed by atoms with Crippen LogP contribution in [0.2, 0.25) is 0 Å². The van der Waals surface area contributed by atoms with Crippen LogP contribution in [0.4, 0.5) is 8.78 Å². The number of ether oxygens (including phenoxy) is 1. The Morgan fingerprint density at radius 2 is 1.84 bits per heavy atom. The molecule has 6 nitrogen and oxygen atoms in total. The molecule has 2 aliphatic rings. The third-order valence-corrected chi connectivity index (χ3v) is 4.74. The standard InChI is InChI=1S/C16H21F2NO3.CH2O2/c17-12-2-1-11(7-13(12)18)9-19-5-3-16(4-6-19)8-14(20)15(21)10-22-16;2-1-3/h1-2,7,14-15,20-21H,3-6,8-10H2;1H,(H,2,3)/t14-,15+;/m1./s1. The summed E-state index contributed by atoms with van der Waals surface area (Å²) in [6.45, 7) is 2.02. The van der Waals surface area contributed by atoms with Crippen LogP contribution in [0.3, 0.4) is 0 Å². The topological polar surface area (TPSA) is 90.2 Å². The van der Waals surface area contributed by atoms with E-state index < -0.39 is 23.8 Å². The Hall–Kier alpha value is -1.61. The Labute approximate surface area is 144 Å². The SMILES string of the molecule is O=CO.O[C@@H]1CC2(CCN(Cc3ccc(F)c(F)c3)CC2)OC[C@@H]1O. The van der Waals surface area contributed by atoms with E-state index in [4.69, 9.17) is 14.6 Å². The van der Waals surface area contributed by atoms with Gasteiger partial charge in [0.2, 0.25) is 0 Å². The van der Waals surface area contributed by atoms with E-state index in [2.05, 4.69) is 4.90 Å². The van der Waals surface area contributed by atoms with Crippen LogP contribution in [0.5, 0.6) is 0 Å². The van der Waals surface area contributed by atoms with Crippen LogP contribution in [0.25, 0.3) is 0 Å². The Morgan fingerprint density at radius 1 is 1.20 bits per heavy atom. The molecule has 0 unspecified atom stereocenters. The second kappa shape index (κ2) is 8.66. The van der Waals surface area contributed by atoms with E-state index in [1.165, 1.54) is 6.07 Å². The number of carboxylic acid groups (broad SMARTS) is 1. The van der Waals surface area contributed by atoms with Crippen LogP contribution in [0, 0.1) is 11.6 Å². The summed E-state index contributed by atoms with van der Waals surface area (Å²) in [7, 11) is 0. The molecule has 2 fully saturated rings. The number of aliphatic hydroxyl groups excluding tert-OH is 2. The van der Waals surface area contributed by atoms with Gasteiger partial charge in [-0.15, -0.1) is 0 Å². The summed E-state index contributed by atoms with van der Waals surface area (Å²) >= 11 is 0. The molecular formula is C17H23F2NO5. The van der Waals surface area contributed by atoms with Crippen molar-refractivity contribution >= 4 is 6.47 Å². The summed E-state index contributed by atoms with van der Waals surface area (Å²) < 4.78 is 31.9. The highest BCUT2D eigenvalue weighted by molar-refractivity contribution is 5.32. The first-order valence-corrected chi connectivity index (χ1v) is 8.13. The van der Waals surface area contributed by atoms with Crippen LogP contribution in [0.1, 0.15) is 24.8 Å². The number of halogens is 2. The highest BCUT2D eigenvalue weighted by Crippen LogP contribution is 2.35. The van der Waals surface area contributed by atoms with Gasteiger partial charge in [0.05, 0.1) is 18.3 Å². The van der Waals surface area contributed by atoms with Crippen molar-refractivity contribution in [3.05, 3.63) is 35.4 Å². The van der Waals surface area contributed by atoms with Crippen molar-refractivity contribution in [2.45, 2.75) is 43.6 Å². The highest BCUT2D eigenvalue weighted by atomic mass is 19.2. The van der Waals surface area contributed by atoms with Crippen molar-refractivity contribution in [3.63, 3.8) is 0 Å². The number of nitrogens with zero attached hydrogens (tertiary/aromatic N) is 1. The first kappa shape index (κ1) is 19.7. The summed E-state index contributed by atoms with van der Waals surface area (Å²) in [6.07, 6.45) is 0.450. The summed E-state index contributed by atoms with van der Waals surface area (Å²) in [5.41, 5.74) is 0.387. The van der Waals surface area contributed by atoms with Gasteiger partial charge in [-0.3, -0.25) is 9.69 Å². The van der Waals surface area contributed by atoms with Gasteiger partial charge >= 0.3 is 0 Å². The molecule has 140 valence electrons. The second-order valence-corrected chi connectivity index (χ2v) is 6.46. The molecule has 25 heavy (non-hydrogen) atoms. The zero-order valence-electron chi connectivity index (χ0n) is 13.8. The van der Waals surface area contributed by atoms with Crippen LogP contribution < -0.4 is 0 Å². The number of aliphatic hydroxyl groups is 2. The highest BCUT2D eigenvalue weighted by Gasteiger charge is 2.42. The van der Waals surface area contributed by atoms with Gasteiger partial charge in [0.25, 0.3) is 6.47 Å². The quantitative estimate of drug-likeness (QED) is 0.686. The van der Waals surface area contributed by atoms with Gasteiger partial charge in [0, 0.05) is 26.1 Å². The Bertz CT molecular complexity index is 578. The lowest BCUT2D eigenvalue weighted by Gasteiger charge is -2.46. The van der Waals surface area contributed by atoms with E-state index in [0.717, 1.165) is 37.6 Å². The maximum absolute atomic E-state index is 13.2. The summed E-state index contributed by atoms with van der Waals surface area (Å²) in [5, 5.41) is 26.3. The van der Waals surface area contributed by atoms with Crippen molar-refractivity contribution in [2.75, 3.05) is 19.7 Å². The van der Waals surface area contributed by atoms with Crippen molar-refractivity contribution in [1.82, 2.24) is 4.90 Å². The molecule has 0 radical (unpaired) electrons. The summed E-state index contributed by atoms with van der Waals surface area (Å²) in [5.74, 6) is -1.65. The van der Waals surface area contributed by atoms with E-state index in [-0.39, 0.29) is 18.7 Å². The van der Waals surface area contributed by atoms with Gasteiger partial charge < -0.3 is 20.1 Å². The lowest BCUT2D eigenvalue weighted by molar-refractivity contribution is -0.188. The van der Waals surface area contributed by atoms with Crippen LogP contribution in [0.15, 0.2) is 18.2 Å². The monoisotopic (exact) mass is 359 g/mol. The average Bonchev–Trinajstić information content (AvgIpc) is 2.58. The number of hydrogen-bond donors (Lipinski definition) is 3. The van der Waals surface area contributed by atoms with E-state index in [1.54, 1.807) is 6.07 Å². The van der Waals surface area contributed by atoms with E-state index >= 15 is 0 Å². The zero-order chi connectivity index (χ0) is 18.4. The molecule has 3 N–H and O–H groups in total. The maximum Gasteiger partial charge on any atom is 0.290 e. The second-order valence-electron chi connectivity index (χ2n) is 6.46. The van der Waals surface area contributed by atoms with Crippen molar-refractivity contribution < 1.29 is 33.6 Å². The molecule has 0 amide bonds. The molecular weight excluding hydrogens is 336 g/mol. The lowest BCUT2D eigenvalue weighted by Crippen LogP contribution is -2.54. The molecule has 0 bridgehead atoms. The first-order chi connectivity index (χ1) is 11.9. The van der Waals surface area contributed by atoms with E-state index in [1.807, 2.05) is 0 Å². The molecule has 2 heterocycles. The minimum Gasteiger partial charge on any atom is -0.483 e. The molecule has 2 saturated heterocycles. The van der Waals surface area contributed by atoms with Crippen molar-refractivity contribution in [3.8, 4) is 0 Å². The Balaban J connectivity index is 0.000000701. The molecule has 8 heteroatoms. The predicted molar refractivity (Wildman–Crippen MR) is 84.9 cm³/mol. The zero-order valence-corrected chi connectivity index (χ0v) is 13.8. The Morgan fingerprint density at radius 3 is 2.40 bits per heavy atom. The van der Waals surface area contributed by atoms with Crippen LogP contribution in [-0.4, -0.2) is 64.2 Å². The molecule has 0 aliphatic carbocycles. The summed E-state index contributed by atoms with van der Waals surface area (Å²) in [6, 6.07) is 3.98. The number of benzene rings is 1. The van der Waals surface area contributed by atoms with Gasteiger partial charge in [-0.1, -0.05) is 6.07 Å². The fraction of sp³-hybridized carbons (Fsp3) is 0.588. The molecule has 0 aromatic heterocycles. The minimum absolute atomic E-state index is 0.171. The van der Waals surface area contributed by atoms with Gasteiger partial charge in [0.15, 0.2) is 11.6 Å². The average molecular weight is 359 g/mol. The number of rotatable bonds is 2. The van der Waals surface area contributed by atoms with Crippen molar-refractivity contribution in [1.29, 1.82) is 0 Å². The van der Waals surface area contributed by atoms with Gasteiger partial charge in [-0.2, -0.15) is 0 Å². The molecule has 3 rings (SSSR count). The predicted octanol–water partition coefficient (Wildman–Crippen LogP) is 1.14. The molecule has 0 saturated carbocycles. The number of piperidine rings is 1. The number of hydrogen-bond acceptors (Lipinski definition) is 5. The Kier molecular flexibility index (Phi) is 6.83. The van der Waals surface area contributed by atoms with Crippen LogP contribution >= 0.6 is 0 Å². The maximum atomic E-state index is 13.2. The van der Waals surface area contributed by atoms with Gasteiger partial charge in [-0.05, 0) is 30.5 Å². The third kappa shape index (κ3) is 5.18. The lowest BCUT2D eigenvalue weighted by atomic mass is 9.82. The summed E-state index contributed by atoms with van der Waals surface area (Å²) in [4.78, 5) is 10.5. The van der Waals surface area contributed by atoms with Crippen LogP contribution in [-0.2, 0) is 16.1 Å². The molecule has 1 aromatic carbocycles. The molecule has 1 aromatic rings. The van der Waals surface area contributed by atoms with Gasteiger partial charge in [-0.25, -0.2) is 8.78 Å². The fourth-order valence-corrected chi connectivity index (χ4v) is 3.31. The fourth-order valence-electron chi connectivity index (χ4n) is 3.31. The first-order valence-electron chi connectivity index (χ1n) is 8.13. The number of carbonyl (C=O) groups is 1. The largest absolute Gasteiger partial charge is 0.483 e. The molecule has 1 spiro atoms.